The molecule has 0 fully saturated rings. The summed E-state index contributed by atoms with van der Waals surface area (Å²) in [5, 5.41) is 0.148. The predicted molar refractivity (Wildman–Crippen MR) is 79.5 cm³/mol. The number of benzene rings is 1. The van der Waals surface area contributed by atoms with Gasteiger partial charge in [0.25, 0.3) is 0 Å². The molecule has 0 aliphatic rings. The van der Waals surface area contributed by atoms with Crippen molar-refractivity contribution in [2.24, 2.45) is 5.73 Å². The summed E-state index contributed by atoms with van der Waals surface area (Å²) in [4.78, 5) is 5.57. The number of ether oxygens (including phenoxy) is 1. The third kappa shape index (κ3) is 3.72. The molecule has 0 aliphatic heterocycles. The van der Waals surface area contributed by atoms with Crippen molar-refractivity contribution in [3.63, 3.8) is 0 Å². The van der Waals surface area contributed by atoms with E-state index in [0.717, 1.165) is 16.3 Å². The van der Waals surface area contributed by atoms with Crippen molar-refractivity contribution in [3.05, 3.63) is 54.4 Å². The Labute approximate surface area is 118 Å². The number of nitrogens with zero attached hydrogens (tertiary/aromatic N) is 1. The van der Waals surface area contributed by atoms with Gasteiger partial charge in [-0.15, -0.1) is 11.8 Å². The molecule has 0 saturated carbocycles. The Balaban J connectivity index is 2.17. The molecule has 2 unspecified atom stereocenters. The Morgan fingerprint density at radius 1 is 1.16 bits per heavy atom. The van der Waals surface area contributed by atoms with Gasteiger partial charge in [-0.25, -0.2) is 0 Å². The number of methoxy groups -OCH3 is 1. The van der Waals surface area contributed by atoms with Gasteiger partial charge < -0.3 is 10.5 Å². The van der Waals surface area contributed by atoms with E-state index < -0.39 is 0 Å². The van der Waals surface area contributed by atoms with E-state index in [1.54, 1.807) is 25.1 Å². The lowest BCUT2D eigenvalue weighted by Gasteiger charge is -2.19. The van der Waals surface area contributed by atoms with Crippen LogP contribution in [0.25, 0.3) is 0 Å². The van der Waals surface area contributed by atoms with Crippen LogP contribution in [0.2, 0.25) is 0 Å². The molecule has 0 radical (unpaired) electrons. The monoisotopic (exact) mass is 274 g/mol. The third-order valence-corrected chi connectivity index (χ3v) is 4.25. The molecule has 4 heteroatoms. The van der Waals surface area contributed by atoms with E-state index in [4.69, 9.17) is 10.5 Å². The molecule has 3 nitrogen and oxygen atoms in total. The molecule has 2 rings (SSSR count). The molecule has 0 aliphatic carbocycles. The zero-order valence-corrected chi connectivity index (χ0v) is 11.9. The summed E-state index contributed by atoms with van der Waals surface area (Å²) >= 11 is 1.73. The van der Waals surface area contributed by atoms with Crippen LogP contribution in [0, 0.1) is 0 Å². The zero-order chi connectivity index (χ0) is 13.7. The lowest BCUT2D eigenvalue weighted by atomic mass is 10.2. The highest BCUT2D eigenvalue weighted by Gasteiger charge is 2.18. The lowest BCUT2D eigenvalue weighted by molar-refractivity contribution is 0.414. The van der Waals surface area contributed by atoms with Crippen molar-refractivity contribution in [1.29, 1.82) is 0 Å². The molecule has 1 aromatic carbocycles. The minimum atomic E-state index is 0.0296. The molecule has 2 atom stereocenters. The molecule has 0 amide bonds. The highest BCUT2D eigenvalue weighted by Crippen LogP contribution is 2.36. The first-order valence-corrected chi connectivity index (χ1v) is 7.06. The van der Waals surface area contributed by atoms with E-state index in [1.807, 2.05) is 49.4 Å². The summed E-state index contributed by atoms with van der Waals surface area (Å²) in [6.45, 7) is 2.01. The maximum Gasteiger partial charge on any atom is 0.118 e. The summed E-state index contributed by atoms with van der Waals surface area (Å²) in [6.07, 6.45) is 1.80. The topological polar surface area (TPSA) is 48.1 Å². The van der Waals surface area contributed by atoms with Crippen LogP contribution in [0.3, 0.4) is 0 Å². The fraction of sp³-hybridized carbons (Fsp3) is 0.267. The minimum absolute atomic E-state index is 0.0296. The van der Waals surface area contributed by atoms with Crippen LogP contribution in [0.15, 0.2) is 53.6 Å². The Hall–Kier alpha value is -1.52. The number of hydrogen-bond donors (Lipinski definition) is 1. The number of pyridine rings is 1. The van der Waals surface area contributed by atoms with Crippen LogP contribution in [-0.4, -0.2) is 18.1 Å². The van der Waals surface area contributed by atoms with Crippen molar-refractivity contribution in [1.82, 2.24) is 4.98 Å². The van der Waals surface area contributed by atoms with Gasteiger partial charge in [0.1, 0.15) is 5.75 Å². The SMILES string of the molecule is COc1ccc(SC(c2ccccn2)C(C)N)cc1. The Kier molecular flexibility index (Phi) is 4.82. The van der Waals surface area contributed by atoms with Crippen molar-refractivity contribution in [2.75, 3.05) is 7.11 Å². The molecular formula is C15H18N2OS. The first-order valence-electron chi connectivity index (χ1n) is 6.18. The van der Waals surface area contributed by atoms with E-state index in [0.29, 0.717) is 0 Å². The average Bonchev–Trinajstić information content (AvgIpc) is 2.46. The molecular weight excluding hydrogens is 256 g/mol. The normalized spacial score (nSPS) is 13.8. The van der Waals surface area contributed by atoms with Gasteiger partial charge in [-0.05, 0) is 43.3 Å². The van der Waals surface area contributed by atoms with Gasteiger partial charge in [0.15, 0.2) is 0 Å². The van der Waals surface area contributed by atoms with Crippen molar-refractivity contribution in [3.8, 4) is 5.75 Å². The first-order chi connectivity index (χ1) is 9.20. The summed E-state index contributed by atoms with van der Waals surface area (Å²) in [6, 6.07) is 14.0. The highest BCUT2D eigenvalue weighted by atomic mass is 32.2. The van der Waals surface area contributed by atoms with Crippen LogP contribution >= 0.6 is 11.8 Å². The number of nitrogens with two attached hydrogens (primary N) is 1. The van der Waals surface area contributed by atoms with Gasteiger partial charge >= 0.3 is 0 Å². The second kappa shape index (κ2) is 6.59. The van der Waals surface area contributed by atoms with E-state index in [9.17, 15) is 0 Å². The Morgan fingerprint density at radius 2 is 1.89 bits per heavy atom. The predicted octanol–water partition coefficient (Wildman–Crippen LogP) is 3.27. The summed E-state index contributed by atoms with van der Waals surface area (Å²) < 4.78 is 5.16. The molecule has 0 saturated heterocycles. The molecule has 2 N–H and O–H groups in total. The molecule has 1 aromatic heterocycles. The van der Waals surface area contributed by atoms with Crippen LogP contribution in [-0.2, 0) is 0 Å². The minimum Gasteiger partial charge on any atom is -0.497 e. The smallest absolute Gasteiger partial charge is 0.118 e. The van der Waals surface area contributed by atoms with E-state index in [1.165, 1.54) is 0 Å². The number of hydrogen-bond acceptors (Lipinski definition) is 4. The van der Waals surface area contributed by atoms with Crippen LogP contribution in [0.4, 0.5) is 0 Å². The van der Waals surface area contributed by atoms with Gasteiger partial charge in [-0.3, -0.25) is 4.98 Å². The third-order valence-electron chi connectivity index (χ3n) is 2.78. The van der Waals surface area contributed by atoms with Crippen molar-refractivity contribution < 1.29 is 4.74 Å². The van der Waals surface area contributed by atoms with Crippen LogP contribution < -0.4 is 10.5 Å². The molecule has 0 spiro atoms. The number of aromatic nitrogens is 1. The second-order valence-electron chi connectivity index (χ2n) is 4.33. The van der Waals surface area contributed by atoms with Gasteiger partial charge in [0.2, 0.25) is 0 Å². The largest absolute Gasteiger partial charge is 0.497 e. The van der Waals surface area contributed by atoms with Crippen LogP contribution in [0.5, 0.6) is 5.75 Å². The molecule has 1 heterocycles. The van der Waals surface area contributed by atoms with Gasteiger partial charge in [0, 0.05) is 17.1 Å². The average molecular weight is 274 g/mol. The van der Waals surface area contributed by atoms with Crippen molar-refractivity contribution >= 4 is 11.8 Å². The van der Waals surface area contributed by atoms with Gasteiger partial charge in [-0.1, -0.05) is 6.07 Å². The molecule has 2 aromatic rings. The van der Waals surface area contributed by atoms with E-state index in [2.05, 4.69) is 4.98 Å². The van der Waals surface area contributed by atoms with E-state index >= 15 is 0 Å². The van der Waals surface area contributed by atoms with Gasteiger partial charge in [0.05, 0.1) is 18.1 Å². The fourth-order valence-electron chi connectivity index (χ4n) is 1.78. The van der Waals surface area contributed by atoms with E-state index in [-0.39, 0.29) is 11.3 Å². The standard InChI is InChI=1S/C15H18N2OS/c1-11(16)15(14-5-3-4-10-17-14)19-13-8-6-12(18-2)7-9-13/h3-11,15H,16H2,1-2H3. The molecule has 19 heavy (non-hydrogen) atoms. The zero-order valence-electron chi connectivity index (χ0n) is 11.1. The molecule has 0 bridgehead atoms. The second-order valence-corrected chi connectivity index (χ2v) is 5.54. The summed E-state index contributed by atoms with van der Waals surface area (Å²) in [5.41, 5.74) is 7.10. The Bertz CT molecular complexity index is 499. The van der Waals surface area contributed by atoms with Gasteiger partial charge in [-0.2, -0.15) is 0 Å². The lowest BCUT2D eigenvalue weighted by Crippen LogP contribution is -2.23. The first kappa shape index (κ1) is 13.9. The summed E-state index contributed by atoms with van der Waals surface area (Å²) in [7, 11) is 1.67. The van der Waals surface area contributed by atoms with Crippen molar-refractivity contribution in [2.45, 2.75) is 23.1 Å². The summed E-state index contributed by atoms with van der Waals surface area (Å²) in [5.74, 6) is 0.861. The maximum atomic E-state index is 6.09. The maximum absolute atomic E-state index is 6.09. The highest BCUT2D eigenvalue weighted by molar-refractivity contribution is 7.99. The molecule has 100 valence electrons. The van der Waals surface area contributed by atoms with Crippen LogP contribution in [0.1, 0.15) is 17.9 Å². The number of thioether (sulfide) groups is 1. The Morgan fingerprint density at radius 3 is 2.42 bits per heavy atom. The quantitative estimate of drug-likeness (QED) is 0.850. The number of rotatable bonds is 5. The fourth-order valence-corrected chi connectivity index (χ4v) is 2.84.